The summed E-state index contributed by atoms with van der Waals surface area (Å²) >= 11 is 5.83. The molecule has 2 aromatic rings. The molecule has 0 spiro atoms. The van der Waals surface area contributed by atoms with Crippen molar-refractivity contribution in [2.45, 2.75) is 19.4 Å². The predicted molar refractivity (Wildman–Crippen MR) is 111 cm³/mol. The lowest BCUT2D eigenvalue weighted by Gasteiger charge is -2.29. The molecule has 0 aromatic heterocycles. The molecule has 1 atom stereocenters. The molecule has 8 heteroatoms. The Morgan fingerprint density at radius 1 is 1.21 bits per heavy atom. The smallest absolute Gasteiger partial charge is 0.260 e. The normalized spacial score (nSPS) is 15.8. The third kappa shape index (κ3) is 5.06. The first-order valence-corrected chi connectivity index (χ1v) is 9.56. The summed E-state index contributed by atoms with van der Waals surface area (Å²) in [5, 5.41) is 3.39. The van der Waals surface area contributed by atoms with Crippen molar-refractivity contribution in [1.29, 1.82) is 0 Å². The summed E-state index contributed by atoms with van der Waals surface area (Å²) in [6.45, 7) is 1.48. The number of nitrogens with one attached hydrogen (secondary N) is 1. The van der Waals surface area contributed by atoms with Crippen LogP contribution in [0, 0.1) is 0 Å². The topological polar surface area (TPSA) is 79.0 Å². The first-order chi connectivity index (χ1) is 13.8. The highest BCUT2D eigenvalue weighted by atomic mass is 35.5. The molecule has 1 heterocycles. The number of nitrogens with zero attached hydrogens (tertiary/aromatic N) is 2. The van der Waals surface area contributed by atoms with Gasteiger partial charge in [-0.1, -0.05) is 23.7 Å². The number of benzene rings is 2. The van der Waals surface area contributed by atoms with Gasteiger partial charge in [-0.15, -0.1) is 0 Å². The van der Waals surface area contributed by atoms with E-state index in [1.807, 2.05) is 6.92 Å². The molecule has 0 unspecified atom stereocenters. The Morgan fingerprint density at radius 2 is 1.90 bits per heavy atom. The highest BCUT2D eigenvalue weighted by Crippen LogP contribution is 2.31. The van der Waals surface area contributed by atoms with Gasteiger partial charge in [0.15, 0.2) is 6.61 Å². The monoisotopic (exact) mass is 415 g/mol. The number of ether oxygens (including phenoxy) is 1. The lowest BCUT2D eigenvalue weighted by atomic mass is 10.1. The Kier molecular flexibility index (Phi) is 6.39. The Hall–Kier alpha value is -3.06. The zero-order valence-corrected chi connectivity index (χ0v) is 17.0. The lowest BCUT2D eigenvalue weighted by Crippen LogP contribution is -2.46. The maximum absolute atomic E-state index is 13.0. The van der Waals surface area contributed by atoms with E-state index < -0.39 is 0 Å². The van der Waals surface area contributed by atoms with E-state index >= 15 is 0 Å². The maximum atomic E-state index is 13.0. The fourth-order valence-electron chi connectivity index (χ4n) is 3.12. The van der Waals surface area contributed by atoms with Crippen LogP contribution < -0.4 is 15.0 Å². The van der Waals surface area contributed by atoms with E-state index in [-0.39, 0.29) is 43.3 Å². The summed E-state index contributed by atoms with van der Waals surface area (Å²) in [5.74, 6) is -0.245. The minimum Gasteiger partial charge on any atom is -0.484 e. The van der Waals surface area contributed by atoms with E-state index in [4.69, 9.17) is 16.3 Å². The molecular weight excluding hydrogens is 394 g/mol. The fourth-order valence-corrected chi connectivity index (χ4v) is 3.25. The molecule has 3 rings (SSSR count). The number of hydrogen-bond donors (Lipinski definition) is 1. The van der Waals surface area contributed by atoms with Crippen LogP contribution in [-0.2, 0) is 14.4 Å². The van der Waals surface area contributed by atoms with Gasteiger partial charge in [0.05, 0.1) is 17.9 Å². The van der Waals surface area contributed by atoms with Crippen LogP contribution in [0.3, 0.4) is 0 Å². The standard InChI is InChI=1S/C21H22ClN3O4/c1-14-11-19(26)23-17-5-3-4-6-18(17)25(14)20(27)12-24(2)21(28)13-29-16-9-7-15(22)8-10-16/h3-10,14H,11-13H2,1-2H3,(H,23,26)/t14-/m0/s1. The van der Waals surface area contributed by atoms with E-state index in [0.29, 0.717) is 22.1 Å². The largest absolute Gasteiger partial charge is 0.484 e. The summed E-state index contributed by atoms with van der Waals surface area (Å²) in [5.41, 5.74) is 1.20. The van der Waals surface area contributed by atoms with Crippen LogP contribution in [0.15, 0.2) is 48.5 Å². The van der Waals surface area contributed by atoms with Gasteiger partial charge < -0.3 is 19.9 Å². The average molecular weight is 416 g/mol. The fraction of sp³-hybridized carbons (Fsp3) is 0.286. The Labute approximate surface area is 174 Å². The van der Waals surface area contributed by atoms with E-state index in [1.165, 1.54) is 4.90 Å². The third-order valence-electron chi connectivity index (χ3n) is 4.60. The predicted octanol–water partition coefficient (Wildman–Crippen LogP) is 2.94. The van der Waals surface area contributed by atoms with Crippen LogP contribution in [-0.4, -0.2) is 48.9 Å². The SMILES string of the molecule is C[C@H]1CC(=O)Nc2ccccc2N1C(=O)CN(C)C(=O)COc1ccc(Cl)cc1. The third-order valence-corrected chi connectivity index (χ3v) is 4.85. The number of hydrogen-bond acceptors (Lipinski definition) is 4. The summed E-state index contributed by atoms with van der Waals surface area (Å²) in [6.07, 6.45) is 0.178. The van der Waals surface area contributed by atoms with Gasteiger partial charge in [-0.2, -0.15) is 0 Å². The second-order valence-corrected chi connectivity index (χ2v) is 7.31. The number of fused-ring (bicyclic) bond motifs is 1. The van der Waals surface area contributed by atoms with Crippen molar-refractivity contribution in [3.63, 3.8) is 0 Å². The number of anilines is 2. The van der Waals surface area contributed by atoms with Gasteiger partial charge in [0.1, 0.15) is 5.75 Å². The van der Waals surface area contributed by atoms with E-state index in [0.717, 1.165) is 0 Å². The Balaban J connectivity index is 1.65. The molecule has 29 heavy (non-hydrogen) atoms. The average Bonchev–Trinajstić information content (AvgIpc) is 2.81. The number of carbonyl (C=O) groups is 3. The molecule has 152 valence electrons. The highest BCUT2D eigenvalue weighted by Gasteiger charge is 2.30. The molecule has 0 bridgehead atoms. The zero-order valence-electron chi connectivity index (χ0n) is 16.2. The molecule has 1 aliphatic heterocycles. The summed E-state index contributed by atoms with van der Waals surface area (Å²) in [6, 6.07) is 13.5. The van der Waals surface area contributed by atoms with E-state index in [9.17, 15) is 14.4 Å². The van der Waals surface area contributed by atoms with Crippen LogP contribution in [0.25, 0.3) is 0 Å². The number of likely N-dealkylation sites (N-methyl/N-ethyl adjacent to an activating group) is 1. The van der Waals surface area contributed by atoms with Gasteiger partial charge in [0, 0.05) is 24.5 Å². The second kappa shape index (κ2) is 8.96. The van der Waals surface area contributed by atoms with Crippen molar-refractivity contribution in [2.24, 2.45) is 0 Å². The molecule has 0 aliphatic carbocycles. The van der Waals surface area contributed by atoms with Gasteiger partial charge in [-0.3, -0.25) is 14.4 Å². The minimum atomic E-state index is -0.335. The van der Waals surface area contributed by atoms with Gasteiger partial charge >= 0.3 is 0 Å². The van der Waals surface area contributed by atoms with Crippen LogP contribution in [0.2, 0.25) is 5.02 Å². The Morgan fingerprint density at radius 3 is 2.62 bits per heavy atom. The summed E-state index contributed by atoms with van der Waals surface area (Å²) in [7, 11) is 1.54. The van der Waals surface area contributed by atoms with Gasteiger partial charge in [0.2, 0.25) is 11.8 Å². The highest BCUT2D eigenvalue weighted by molar-refractivity contribution is 6.30. The van der Waals surface area contributed by atoms with Crippen molar-refractivity contribution in [1.82, 2.24) is 4.90 Å². The molecule has 0 fully saturated rings. The van der Waals surface area contributed by atoms with Gasteiger partial charge in [0.25, 0.3) is 5.91 Å². The van der Waals surface area contributed by atoms with Crippen molar-refractivity contribution < 1.29 is 19.1 Å². The number of amides is 3. The molecule has 1 aliphatic rings. The van der Waals surface area contributed by atoms with Gasteiger partial charge in [-0.25, -0.2) is 0 Å². The Bertz CT molecular complexity index is 916. The van der Waals surface area contributed by atoms with E-state index in [1.54, 1.807) is 60.5 Å². The molecular formula is C21H22ClN3O4. The van der Waals surface area contributed by atoms with Crippen molar-refractivity contribution in [3.8, 4) is 5.75 Å². The first-order valence-electron chi connectivity index (χ1n) is 9.18. The zero-order chi connectivity index (χ0) is 21.0. The van der Waals surface area contributed by atoms with Crippen molar-refractivity contribution in [3.05, 3.63) is 53.6 Å². The van der Waals surface area contributed by atoms with Crippen LogP contribution >= 0.6 is 11.6 Å². The molecule has 3 amide bonds. The molecule has 0 saturated carbocycles. The minimum absolute atomic E-state index is 0.129. The van der Waals surface area contributed by atoms with Gasteiger partial charge in [-0.05, 0) is 43.3 Å². The quantitative estimate of drug-likeness (QED) is 0.814. The number of para-hydroxylation sites is 2. The molecule has 2 aromatic carbocycles. The molecule has 0 saturated heterocycles. The first kappa shape index (κ1) is 20.7. The lowest BCUT2D eigenvalue weighted by molar-refractivity contribution is -0.135. The molecule has 7 nitrogen and oxygen atoms in total. The second-order valence-electron chi connectivity index (χ2n) is 6.87. The number of halogens is 1. The maximum Gasteiger partial charge on any atom is 0.260 e. The molecule has 1 N–H and O–H groups in total. The van der Waals surface area contributed by atoms with Crippen molar-refractivity contribution >= 4 is 40.7 Å². The number of rotatable bonds is 5. The van der Waals surface area contributed by atoms with Crippen molar-refractivity contribution in [2.75, 3.05) is 30.4 Å². The van der Waals surface area contributed by atoms with Crippen LogP contribution in [0.1, 0.15) is 13.3 Å². The number of carbonyl (C=O) groups excluding carboxylic acids is 3. The van der Waals surface area contributed by atoms with Crippen LogP contribution in [0.5, 0.6) is 5.75 Å². The summed E-state index contributed by atoms with van der Waals surface area (Å²) < 4.78 is 5.45. The van der Waals surface area contributed by atoms with E-state index in [2.05, 4.69) is 5.32 Å². The molecule has 0 radical (unpaired) electrons. The summed E-state index contributed by atoms with van der Waals surface area (Å²) in [4.78, 5) is 40.3. The van der Waals surface area contributed by atoms with Crippen LogP contribution in [0.4, 0.5) is 11.4 Å².